The molecule has 1 heterocycles. The Balaban J connectivity index is 1.80. The quantitative estimate of drug-likeness (QED) is 0.747. The maximum absolute atomic E-state index is 3.43. The zero-order chi connectivity index (χ0) is 13.1. The summed E-state index contributed by atoms with van der Waals surface area (Å²) in [6.07, 6.45) is 0. The molecule has 3 rings (SSSR count). The highest BCUT2D eigenvalue weighted by Gasteiger charge is 2.02. The molecule has 0 aliphatic heterocycles. The topological polar surface area (TPSA) is 27.8 Å². The van der Waals surface area contributed by atoms with E-state index in [0.717, 1.165) is 6.54 Å². The van der Waals surface area contributed by atoms with Gasteiger partial charge in [-0.05, 0) is 36.9 Å². The molecule has 0 saturated heterocycles. The van der Waals surface area contributed by atoms with E-state index in [2.05, 4.69) is 64.9 Å². The molecule has 2 aromatic carbocycles. The van der Waals surface area contributed by atoms with Gasteiger partial charge in [0.1, 0.15) is 0 Å². The van der Waals surface area contributed by atoms with E-state index in [1.165, 1.54) is 26.4 Å². The first-order chi connectivity index (χ1) is 9.35. The summed E-state index contributed by atoms with van der Waals surface area (Å²) < 4.78 is 0. The summed E-state index contributed by atoms with van der Waals surface area (Å²) in [6, 6.07) is 19.2. The fraction of sp³-hybridized carbons (Fsp3) is 0.125. The van der Waals surface area contributed by atoms with Crippen LogP contribution in [-0.4, -0.2) is 12.0 Å². The Bertz CT molecular complexity index is 638. The van der Waals surface area contributed by atoms with Crippen LogP contribution < -0.4 is 5.32 Å². The van der Waals surface area contributed by atoms with Crippen LogP contribution >= 0.6 is 11.8 Å². The second-order valence-corrected chi connectivity index (χ2v) is 5.61. The first-order valence-electron chi connectivity index (χ1n) is 6.34. The maximum Gasteiger partial charge on any atom is 0.0780 e. The Kier molecular flexibility index (Phi) is 3.58. The van der Waals surface area contributed by atoms with Crippen molar-refractivity contribution in [1.82, 2.24) is 10.3 Å². The van der Waals surface area contributed by atoms with Gasteiger partial charge in [0.2, 0.25) is 0 Å². The first-order valence-corrected chi connectivity index (χ1v) is 7.16. The monoisotopic (exact) mass is 268 g/mol. The molecule has 0 aliphatic carbocycles. The van der Waals surface area contributed by atoms with Gasteiger partial charge in [0.15, 0.2) is 0 Å². The lowest BCUT2D eigenvalue weighted by atomic mass is 10.2. The van der Waals surface area contributed by atoms with Crippen molar-refractivity contribution in [2.24, 2.45) is 0 Å². The van der Waals surface area contributed by atoms with Crippen LogP contribution in [0.3, 0.4) is 0 Å². The van der Waals surface area contributed by atoms with Gasteiger partial charge in [-0.25, -0.2) is 0 Å². The summed E-state index contributed by atoms with van der Waals surface area (Å²) in [5.74, 6) is 0. The minimum absolute atomic E-state index is 0.914. The Morgan fingerprint density at radius 1 is 1.05 bits per heavy atom. The fourth-order valence-electron chi connectivity index (χ4n) is 2.11. The molecule has 96 valence electrons. The Labute approximate surface area is 117 Å². The van der Waals surface area contributed by atoms with E-state index in [0.29, 0.717) is 0 Å². The molecule has 0 bridgehead atoms. The zero-order valence-electron chi connectivity index (χ0n) is 10.8. The molecule has 2 nitrogen and oxygen atoms in total. The third kappa shape index (κ3) is 2.83. The van der Waals surface area contributed by atoms with E-state index < -0.39 is 0 Å². The number of hydrogen-bond donors (Lipinski definition) is 2. The summed E-state index contributed by atoms with van der Waals surface area (Å²) in [6.45, 7) is 0.914. The summed E-state index contributed by atoms with van der Waals surface area (Å²) in [5.41, 5.74) is 2.50. The molecule has 2 N–H and O–H groups in total. The number of rotatable bonds is 4. The average Bonchev–Trinajstić information content (AvgIpc) is 2.83. The van der Waals surface area contributed by atoms with Gasteiger partial charge >= 0.3 is 0 Å². The van der Waals surface area contributed by atoms with Crippen LogP contribution in [0, 0.1) is 0 Å². The largest absolute Gasteiger partial charge is 0.349 e. The summed E-state index contributed by atoms with van der Waals surface area (Å²) in [4.78, 5) is 4.69. The van der Waals surface area contributed by atoms with Gasteiger partial charge in [-0.2, -0.15) is 0 Å². The molecule has 3 heteroatoms. The van der Waals surface area contributed by atoms with E-state index in [-0.39, 0.29) is 0 Å². The lowest BCUT2D eigenvalue weighted by molar-refractivity contribution is 0.817. The number of aromatic nitrogens is 1. The van der Waals surface area contributed by atoms with Crippen molar-refractivity contribution in [2.75, 3.05) is 7.05 Å². The van der Waals surface area contributed by atoms with Crippen molar-refractivity contribution in [3.63, 3.8) is 0 Å². The second kappa shape index (κ2) is 5.51. The normalized spacial score (nSPS) is 11.0. The molecule has 1 aromatic heterocycles. The SMILES string of the molecule is CNCc1ccc(Sc2cc3ccccc3[nH]2)cc1. The van der Waals surface area contributed by atoms with E-state index >= 15 is 0 Å². The molecular weight excluding hydrogens is 252 g/mol. The van der Waals surface area contributed by atoms with Gasteiger partial charge in [-0.3, -0.25) is 0 Å². The number of aromatic amines is 1. The van der Waals surface area contributed by atoms with Crippen molar-refractivity contribution in [3.8, 4) is 0 Å². The van der Waals surface area contributed by atoms with Crippen LogP contribution in [-0.2, 0) is 6.54 Å². The van der Waals surface area contributed by atoms with Crippen molar-refractivity contribution in [2.45, 2.75) is 16.5 Å². The average molecular weight is 268 g/mol. The molecule has 0 unspecified atom stereocenters. The predicted molar refractivity (Wildman–Crippen MR) is 81.6 cm³/mol. The molecule has 0 spiro atoms. The fourth-order valence-corrected chi connectivity index (χ4v) is 2.98. The van der Waals surface area contributed by atoms with Gasteiger partial charge in [0, 0.05) is 22.3 Å². The molecule has 0 radical (unpaired) electrons. The molecule has 0 aliphatic rings. The van der Waals surface area contributed by atoms with Gasteiger partial charge in [0.25, 0.3) is 0 Å². The van der Waals surface area contributed by atoms with Crippen LogP contribution in [0.5, 0.6) is 0 Å². The molecule has 0 amide bonds. The molecular formula is C16H16N2S. The van der Waals surface area contributed by atoms with Gasteiger partial charge < -0.3 is 10.3 Å². The Morgan fingerprint density at radius 3 is 2.58 bits per heavy atom. The highest BCUT2D eigenvalue weighted by molar-refractivity contribution is 7.99. The third-order valence-corrected chi connectivity index (χ3v) is 3.99. The van der Waals surface area contributed by atoms with E-state index in [1.54, 1.807) is 11.8 Å². The highest BCUT2D eigenvalue weighted by atomic mass is 32.2. The number of H-pyrrole nitrogens is 1. The molecule has 0 atom stereocenters. The number of benzene rings is 2. The van der Waals surface area contributed by atoms with Crippen LogP contribution in [0.1, 0.15) is 5.56 Å². The first kappa shape index (κ1) is 12.3. The van der Waals surface area contributed by atoms with Crippen molar-refractivity contribution >= 4 is 22.7 Å². The predicted octanol–water partition coefficient (Wildman–Crippen LogP) is 4.04. The second-order valence-electron chi connectivity index (χ2n) is 4.50. The van der Waals surface area contributed by atoms with Crippen LogP contribution in [0.15, 0.2) is 64.5 Å². The molecule has 3 aromatic rings. The number of fused-ring (bicyclic) bond motifs is 1. The lowest BCUT2D eigenvalue weighted by Crippen LogP contribution is -2.04. The van der Waals surface area contributed by atoms with E-state index in [4.69, 9.17) is 0 Å². The minimum atomic E-state index is 0.914. The number of para-hydroxylation sites is 1. The maximum atomic E-state index is 3.43. The van der Waals surface area contributed by atoms with Crippen molar-refractivity contribution < 1.29 is 0 Å². The Hall–Kier alpha value is -1.71. The van der Waals surface area contributed by atoms with Crippen molar-refractivity contribution in [1.29, 1.82) is 0 Å². The van der Waals surface area contributed by atoms with Crippen molar-refractivity contribution in [3.05, 3.63) is 60.2 Å². The Morgan fingerprint density at radius 2 is 1.84 bits per heavy atom. The van der Waals surface area contributed by atoms with E-state index in [9.17, 15) is 0 Å². The highest BCUT2D eigenvalue weighted by Crippen LogP contribution is 2.29. The third-order valence-electron chi connectivity index (χ3n) is 3.04. The van der Waals surface area contributed by atoms with Crippen LogP contribution in [0.2, 0.25) is 0 Å². The summed E-state index contributed by atoms with van der Waals surface area (Å²) in [7, 11) is 1.97. The van der Waals surface area contributed by atoms with E-state index in [1.807, 2.05) is 7.05 Å². The standard InChI is InChI=1S/C16H16N2S/c1-17-11-12-6-8-14(9-7-12)19-16-10-13-4-2-3-5-15(13)18-16/h2-10,17-18H,11H2,1H3. The molecule has 0 fully saturated rings. The minimum Gasteiger partial charge on any atom is -0.349 e. The van der Waals surface area contributed by atoms with Gasteiger partial charge in [-0.1, -0.05) is 42.1 Å². The summed E-state index contributed by atoms with van der Waals surface area (Å²) in [5, 5.41) is 5.60. The summed E-state index contributed by atoms with van der Waals surface area (Å²) >= 11 is 1.76. The lowest BCUT2D eigenvalue weighted by Gasteiger charge is -2.02. The van der Waals surface area contributed by atoms with Gasteiger partial charge in [-0.15, -0.1) is 0 Å². The smallest absolute Gasteiger partial charge is 0.0780 e. The molecule has 0 saturated carbocycles. The molecule has 19 heavy (non-hydrogen) atoms. The van der Waals surface area contributed by atoms with Crippen LogP contribution in [0.4, 0.5) is 0 Å². The number of hydrogen-bond acceptors (Lipinski definition) is 2. The zero-order valence-corrected chi connectivity index (χ0v) is 11.6. The van der Waals surface area contributed by atoms with Gasteiger partial charge in [0.05, 0.1) is 5.03 Å². The van der Waals surface area contributed by atoms with Crippen LogP contribution in [0.25, 0.3) is 10.9 Å². The number of nitrogens with one attached hydrogen (secondary N) is 2.